The maximum absolute atomic E-state index is 14.0. The van der Waals surface area contributed by atoms with Crippen molar-refractivity contribution < 1.29 is 9.59 Å². The molecule has 9 heteroatoms. The van der Waals surface area contributed by atoms with Gasteiger partial charge in [0.25, 0.3) is 5.56 Å². The first-order valence-corrected chi connectivity index (χ1v) is 15.2. The lowest BCUT2D eigenvalue weighted by Gasteiger charge is -2.33. The molecule has 1 aliphatic rings. The number of thioether (sulfide) groups is 1. The predicted octanol–water partition coefficient (Wildman–Crippen LogP) is 6.08. The van der Waals surface area contributed by atoms with Crippen molar-refractivity contribution in [1.82, 2.24) is 14.5 Å². The summed E-state index contributed by atoms with van der Waals surface area (Å²) < 4.78 is 1.62. The number of para-hydroxylation sites is 1. The minimum Gasteiger partial charge on any atom is -0.369 e. The molecule has 1 aromatic heterocycles. The number of fused-ring (bicyclic) bond motifs is 1. The molecule has 1 saturated heterocycles. The fourth-order valence-corrected chi connectivity index (χ4v) is 6.58. The topological polar surface area (TPSA) is 98.3 Å². The number of likely N-dealkylation sites (tertiary alicyclic amines) is 1. The van der Waals surface area contributed by atoms with Crippen LogP contribution in [0.1, 0.15) is 39.0 Å². The molecule has 3 aromatic carbocycles. The first-order chi connectivity index (χ1) is 19.9. The van der Waals surface area contributed by atoms with Crippen LogP contribution in [0, 0.1) is 5.92 Å². The molecule has 212 valence electrons. The van der Waals surface area contributed by atoms with Crippen molar-refractivity contribution in [2.45, 2.75) is 49.4 Å². The Morgan fingerprint density at radius 2 is 1.76 bits per heavy atom. The van der Waals surface area contributed by atoms with Crippen LogP contribution < -0.4 is 11.3 Å². The van der Waals surface area contributed by atoms with Crippen LogP contribution in [0.25, 0.3) is 27.7 Å². The molecule has 1 aliphatic heterocycles. The number of piperidine rings is 1. The van der Waals surface area contributed by atoms with Gasteiger partial charge >= 0.3 is 0 Å². The molecule has 0 radical (unpaired) electrons. The number of nitrogens with zero attached hydrogens (tertiary/aromatic N) is 3. The fourth-order valence-electron chi connectivity index (χ4n) is 5.22. The van der Waals surface area contributed by atoms with Crippen molar-refractivity contribution in [3.05, 3.63) is 88.2 Å². The zero-order chi connectivity index (χ0) is 28.9. The molecule has 5 rings (SSSR count). The van der Waals surface area contributed by atoms with Gasteiger partial charge in [-0.3, -0.25) is 19.0 Å². The van der Waals surface area contributed by atoms with Crippen LogP contribution in [-0.4, -0.2) is 44.6 Å². The number of carbonyl (C=O) groups excluding carboxylic acids is 2. The molecule has 0 bridgehead atoms. The first kappa shape index (κ1) is 28.9. The van der Waals surface area contributed by atoms with Gasteiger partial charge in [0.15, 0.2) is 5.16 Å². The molecule has 0 aliphatic carbocycles. The zero-order valence-corrected chi connectivity index (χ0v) is 24.5. The van der Waals surface area contributed by atoms with Crippen LogP contribution in [0.3, 0.4) is 0 Å². The summed E-state index contributed by atoms with van der Waals surface area (Å²) in [5.41, 5.74) is 8.50. The Balaban J connectivity index is 1.55. The van der Waals surface area contributed by atoms with Gasteiger partial charge in [-0.05, 0) is 66.8 Å². The Labute approximate surface area is 248 Å². The number of unbranched alkanes of at least 4 members (excludes halogenated alkanes) is 1. The number of nitrogens with two attached hydrogens (primary N) is 1. The summed E-state index contributed by atoms with van der Waals surface area (Å²) in [6.07, 6.45) is 3.61. The number of carbonyl (C=O) groups is 2. The van der Waals surface area contributed by atoms with Gasteiger partial charge in [-0.2, -0.15) is 0 Å². The summed E-state index contributed by atoms with van der Waals surface area (Å²) in [6.45, 7) is 3.09. The SMILES string of the molecule is CCCCC(Sc1nc2ccccc2c(=O)n1-c1cccc(-c2ccc(Cl)cc2)c1)C(=O)N1CCC(C(N)=O)CC1. The van der Waals surface area contributed by atoms with E-state index in [1.165, 1.54) is 11.8 Å². The van der Waals surface area contributed by atoms with E-state index in [4.69, 9.17) is 22.3 Å². The molecule has 0 saturated carbocycles. The van der Waals surface area contributed by atoms with Gasteiger partial charge < -0.3 is 10.6 Å². The average Bonchev–Trinajstić information content (AvgIpc) is 2.99. The third-order valence-electron chi connectivity index (χ3n) is 7.58. The van der Waals surface area contributed by atoms with Crippen LogP contribution in [-0.2, 0) is 9.59 Å². The zero-order valence-electron chi connectivity index (χ0n) is 23.0. The van der Waals surface area contributed by atoms with Crippen LogP contribution in [0.4, 0.5) is 0 Å². The molecule has 7 nitrogen and oxygen atoms in total. The number of hydrogen-bond donors (Lipinski definition) is 1. The first-order valence-electron chi connectivity index (χ1n) is 14.0. The predicted molar refractivity (Wildman–Crippen MR) is 165 cm³/mol. The van der Waals surface area contributed by atoms with Gasteiger partial charge in [0.1, 0.15) is 0 Å². The lowest BCUT2D eigenvalue weighted by molar-refractivity contribution is -0.134. The summed E-state index contributed by atoms with van der Waals surface area (Å²) in [4.78, 5) is 46.2. The van der Waals surface area contributed by atoms with Gasteiger partial charge in [0, 0.05) is 24.0 Å². The normalized spacial score (nSPS) is 14.7. The lowest BCUT2D eigenvalue weighted by atomic mass is 9.96. The number of benzene rings is 3. The quantitative estimate of drug-likeness (QED) is 0.189. The minimum atomic E-state index is -0.418. The highest BCUT2D eigenvalue weighted by Gasteiger charge is 2.31. The summed E-state index contributed by atoms with van der Waals surface area (Å²) in [7, 11) is 0. The second-order valence-electron chi connectivity index (χ2n) is 10.4. The second-order valence-corrected chi connectivity index (χ2v) is 12.0. The number of rotatable bonds is 9. The van der Waals surface area contributed by atoms with Crippen molar-refractivity contribution in [2.75, 3.05) is 13.1 Å². The van der Waals surface area contributed by atoms with Gasteiger partial charge in [-0.1, -0.05) is 79.5 Å². The third kappa shape index (κ3) is 6.49. The largest absolute Gasteiger partial charge is 0.369 e. The Hall–Kier alpha value is -3.62. The van der Waals surface area contributed by atoms with Crippen molar-refractivity contribution in [3.8, 4) is 16.8 Å². The van der Waals surface area contributed by atoms with Crippen molar-refractivity contribution in [3.63, 3.8) is 0 Å². The fraction of sp³-hybridized carbons (Fsp3) is 0.312. The maximum atomic E-state index is 14.0. The highest BCUT2D eigenvalue weighted by Crippen LogP contribution is 2.32. The molecular formula is C32H33ClN4O3S. The number of amides is 2. The minimum absolute atomic E-state index is 0.00948. The lowest BCUT2D eigenvalue weighted by Crippen LogP contribution is -2.45. The molecular weight excluding hydrogens is 556 g/mol. The Morgan fingerprint density at radius 1 is 1.02 bits per heavy atom. The van der Waals surface area contributed by atoms with E-state index in [-0.39, 0.29) is 23.3 Å². The number of halogens is 1. The smallest absolute Gasteiger partial charge is 0.266 e. The van der Waals surface area contributed by atoms with Crippen LogP contribution >= 0.6 is 23.4 Å². The van der Waals surface area contributed by atoms with Gasteiger partial charge in [0.2, 0.25) is 11.8 Å². The van der Waals surface area contributed by atoms with Gasteiger partial charge in [0.05, 0.1) is 21.8 Å². The van der Waals surface area contributed by atoms with E-state index in [2.05, 4.69) is 6.92 Å². The highest BCUT2D eigenvalue weighted by molar-refractivity contribution is 8.00. The number of hydrogen-bond acceptors (Lipinski definition) is 5. The Kier molecular flexibility index (Phi) is 9.10. The molecule has 1 atom stereocenters. The van der Waals surface area contributed by atoms with Crippen molar-refractivity contribution in [1.29, 1.82) is 0 Å². The van der Waals surface area contributed by atoms with Gasteiger partial charge in [-0.15, -0.1) is 0 Å². The second kappa shape index (κ2) is 12.9. The summed E-state index contributed by atoms with van der Waals surface area (Å²) in [5.74, 6) is -0.490. The van der Waals surface area contributed by atoms with E-state index in [1.54, 1.807) is 10.6 Å². The summed E-state index contributed by atoms with van der Waals surface area (Å²) in [5, 5.41) is 1.22. The summed E-state index contributed by atoms with van der Waals surface area (Å²) in [6, 6.07) is 22.6. The average molecular weight is 589 g/mol. The van der Waals surface area contributed by atoms with E-state index in [9.17, 15) is 14.4 Å². The number of aromatic nitrogens is 2. The van der Waals surface area contributed by atoms with Gasteiger partial charge in [-0.25, -0.2) is 4.98 Å². The molecule has 4 aromatic rings. The monoisotopic (exact) mass is 588 g/mol. The Bertz CT molecular complexity index is 1610. The van der Waals surface area contributed by atoms with E-state index in [1.807, 2.05) is 71.6 Å². The number of primary amides is 1. The van der Waals surface area contributed by atoms with Crippen LogP contribution in [0.15, 0.2) is 82.7 Å². The molecule has 2 heterocycles. The molecule has 2 amide bonds. The van der Waals surface area contributed by atoms with E-state index in [0.717, 1.165) is 24.0 Å². The molecule has 1 fully saturated rings. The van der Waals surface area contributed by atoms with Crippen LogP contribution in [0.2, 0.25) is 5.02 Å². The standard InChI is InChI=1S/C32H33ClN4O3S/c1-2-3-11-28(31(40)36-18-16-22(17-19-36)29(34)38)41-32-35-27-10-5-4-9-26(27)30(39)37(32)25-8-6-7-23(20-25)21-12-14-24(33)15-13-21/h4-10,12-15,20,22,28H,2-3,11,16-19H2,1H3,(H2,34,38). The maximum Gasteiger partial charge on any atom is 0.266 e. The summed E-state index contributed by atoms with van der Waals surface area (Å²) >= 11 is 7.45. The van der Waals surface area contributed by atoms with E-state index >= 15 is 0 Å². The molecule has 2 N–H and O–H groups in total. The molecule has 1 unspecified atom stereocenters. The van der Waals surface area contributed by atoms with Crippen molar-refractivity contribution >= 4 is 46.1 Å². The molecule has 41 heavy (non-hydrogen) atoms. The van der Waals surface area contributed by atoms with E-state index < -0.39 is 5.25 Å². The van der Waals surface area contributed by atoms with Crippen LogP contribution in [0.5, 0.6) is 0 Å². The van der Waals surface area contributed by atoms with Crippen molar-refractivity contribution in [2.24, 2.45) is 11.7 Å². The third-order valence-corrected chi connectivity index (χ3v) is 9.04. The molecule has 0 spiro atoms. The Morgan fingerprint density at radius 3 is 2.46 bits per heavy atom. The van der Waals surface area contributed by atoms with E-state index in [0.29, 0.717) is 59.1 Å². The highest BCUT2D eigenvalue weighted by atomic mass is 35.5.